The number of para-hydroxylation sites is 1. The van der Waals surface area contributed by atoms with Gasteiger partial charge in [-0.25, -0.2) is 9.78 Å². The highest BCUT2D eigenvalue weighted by Gasteiger charge is 2.22. The number of hydrogen-bond donors (Lipinski definition) is 1. The third-order valence-corrected chi connectivity index (χ3v) is 3.93. The molecule has 0 aliphatic heterocycles. The van der Waals surface area contributed by atoms with Gasteiger partial charge in [0, 0.05) is 10.7 Å². The molecule has 1 N–H and O–H groups in total. The van der Waals surface area contributed by atoms with Crippen molar-refractivity contribution in [3.63, 3.8) is 0 Å². The van der Waals surface area contributed by atoms with Gasteiger partial charge in [0.1, 0.15) is 5.52 Å². The zero-order chi connectivity index (χ0) is 18.0. The van der Waals surface area contributed by atoms with Gasteiger partial charge in [-0.15, -0.1) is 0 Å². The number of anilines is 1. The summed E-state index contributed by atoms with van der Waals surface area (Å²) in [5.41, 5.74) is 2.53. The Morgan fingerprint density at radius 1 is 1.28 bits per heavy atom. The largest absolute Gasteiger partial charge is 0.449 e. The summed E-state index contributed by atoms with van der Waals surface area (Å²) >= 11 is 5.94. The first kappa shape index (κ1) is 17.0. The molecule has 1 heterocycles. The van der Waals surface area contributed by atoms with Gasteiger partial charge in [0.25, 0.3) is 5.91 Å². The van der Waals surface area contributed by atoms with Gasteiger partial charge in [-0.2, -0.15) is 0 Å². The molecule has 1 unspecified atom stereocenters. The van der Waals surface area contributed by atoms with E-state index in [1.807, 2.05) is 6.92 Å². The first-order valence-electron chi connectivity index (χ1n) is 7.56. The van der Waals surface area contributed by atoms with Crippen molar-refractivity contribution in [3.05, 3.63) is 58.9 Å². The molecule has 1 amide bonds. The lowest BCUT2D eigenvalue weighted by molar-refractivity contribution is -0.123. The van der Waals surface area contributed by atoms with Crippen molar-refractivity contribution in [2.75, 3.05) is 5.32 Å². The van der Waals surface area contributed by atoms with Crippen LogP contribution >= 0.6 is 11.6 Å². The number of nitrogens with zero attached hydrogens (tertiary/aromatic N) is 1. The van der Waals surface area contributed by atoms with Crippen LogP contribution in [0.1, 0.15) is 22.8 Å². The smallest absolute Gasteiger partial charge is 0.341 e. The number of rotatable bonds is 4. The molecular formula is C18H15ClN2O4. The maximum absolute atomic E-state index is 12.3. The Morgan fingerprint density at radius 2 is 2.08 bits per heavy atom. The molecule has 3 rings (SSSR count). The van der Waals surface area contributed by atoms with E-state index in [2.05, 4.69) is 10.3 Å². The topological polar surface area (TPSA) is 81.4 Å². The van der Waals surface area contributed by atoms with Gasteiger partial charge >= 0.3 is 5.97 Å². The maximum Gasteiger partial charge on any atom is 0.341 e. The van der Waals surface area contributed by atoms with E-state index < -0.39 is 18.0 Å². The normalized spacial score (nSPS) is 12.0. The molecule has 128 valence electrons. The molecule has 0 aliphatic rings. The lowest BCUT2D eigenvalue weighted by atomic mass is 10.2. The second-order valence-corrected chi connectivity index (χ2v) is 5.94. The number of oxazole rings is 1. The molecule has 0 spiro atoms. The molecule has 0 bridgehead atoms. The Kier molecular flexibility index (Phi) is 4.72. The molecule has 25 heavy (non-hydrogen) atoms. The summed E-state index contributed by atoms with van der Waals surface area (Å²) in [6.45, 7) is 3.34. The fourth-order valence-corrected chi connectivity index (χ4v) is 2.46. The zero-order valence-electron chi connectivity index (χ0n) is 13.6. The number of carbonyl (C=O) groups is 2. The summed E-state index contributed by atoms with van der Waals surface area (Å²) in [6, 6.07) is 10.1. The van der Waals surface area contributed by atoms with Crippen molar-refractivity contribution < 1.29 is 18.7 Å². The maximum atomic E-state index is 12.3. The summed E-state index contributed by atoms with van der Waals surface area (Å²) in [7, 11) is 0. The molecule has 7 heteroatoms. The SMILES string of the molecule is Cc1ccc(Cl)cc1NC(=O)C(C)OC(=O)c1cccc2ocnc12. The number of nitrogens with one attached hydrogen (secondary N) is 1. The summed E-state index contributed by atoms with van der Waals surface area (Å²) in [6.07, 6.45) is 0.257. The van der Waals surface area contributed by atoms with E-state index in [9.17, 15) is 9.59 Å². The fraction of sp³-hybridized carbons (Fsp3) is 0.167. The number of carbonyl (C=O) groups excluding carboxylic acids is 2. The van der Waals surface area contributed by atoms with E-state index in [4.69, 9.17) is 20.8 Å². The fourth-order valence-electron chi connectivity index (χ4n) is 2.29. The predicted octanol–water partition coefficient (Wildman–Crippen LogP) is 3.97. The minimum absolute atomic E-state index is 0.241. The first-order valence-corrected chi connectivity index (χ1v) is 7.93. The molecule has 1 atom stereocenters. The molecule has 2 aromatic carbocycles. The summed E-state index contributed by atoms with van der Waals surface area (Å²) in [5.74, 6) is -1.10. The van der Waals surface area contributed by atoms with Crippen LogP contribution in [0, 0.1) is 6.92 Å². The van der Waals surface area contributed by atoms with Crippen LogP contribution in [0.2, 0.25) is 5.02 Å². The van der Waals surface area contributed by atoms with Gasteiger partial charge < -0.3 is 14.5 Å². The molecule has 1 aromatic heterocycles. The number of fused-ring (bicyclic) bond motifs is 1. The molecule has 0 aliphatic carbocycles. The quantitative estimate of drug-likeness (QED) is 0.713. The van der Waals surface area contributed by atoms with Gasteiger partial charge in [0.2, 0.25) is 0 Å². The summed E-state index contributed by atoms with van der Waals surface area (Å²) in [5, 5.41) is 3.21. The van der Waals surface area contributed by atoms with E-state index >= 15 is 0 Å². The summed E-state index contributed by atoms with van der Waals surface area (Å²) < 4.78 is 10.4. The predicted molar refractivity (Wildman–Crippen MR) is 93.7 cm³/mol. The average molecular weight is 359 g/mol. The Bertz CT molecular complexity index is 951. The number of hydrogen-bond acceptors (Lipinski definition) is 5. The lowest BCUT2D eigenvalue weighted by Crippen LogP contribution is -2.30. The van der Waals surface area contributed by atoms with Crippen LogP contribution in [0.15, 0.2) is 47.2 Å². The number of halogens is 1. The van der Waals surface area contributed by atoms with E-state index in [0.29, 0.717) is 21.8 Å². The van der Waals surface area contributed by atoms with Gasteiger partial charge in [-0.3, -0.25) is 4.79 Å². The van der Waals surface area contributed by atoms with E-state index in [1.165, 1.54) is 13.3 Å². The van der Waals surface area contributed by atoms with Crippen LogP contribution in [-0.2, 0) is 9.53 Å². The van der Waals surface area contributed by atoms with Crippen LogP contribution in [0.25, 0.3) is 11.1 Å². The zero-order valence-corrected chi connectivity index (χ0v) is 14.3. The highest BCUT2D eigenvalue weighted by Crippen LogP contribution is 2.21. The van der Waals surface area contributed by atoms with Crippen LogP contribution in [0.3, 0.4) is 0 Å². The highest BCUT2D eigenvalue weighted by molar-refractivity contribution is 6.31. The Balaban J connectivity index is 1.72. The number of aromatic nitrogens is 1. The van der Waals surface area contributed by atoms with E-state index in [1.54, 1.807) is 36.4 Å². The third-order valence-electron chi connectivity index (χ3n) is 3.69. The second kappa shape index (κ2) is 6.94. The standard InChI is InChI=1S/C18H15ClN2O4/c1-10-6-7-12(19)8-14(10)21-17(22)11(2)25-18(23)13-4-3-5-15-16(13)20-9-24-15/h3-9,11H,1-2H3,(H,21,22). The Labute approximate surface area is 148 Å². The lowest BCUT2D eigenvalue weighted by Gasteiger charge is -2.15. The number of aryl methyl sites for hydroxylation is 1. The average Bonchev–Trinajstić information content (AvgIpc) is 3.06. The van der Waals surface area contributed by atoms with Crippen LogP contribution in [0.4, 0.5) is 5.69 Å². The summed E-state index contributed by atoms with van der Waals surface area (Å²) in [4.78, 5) is 28.6. The van der Waals surface area contributed by atoms with E-state index in [-0.39, 0.29) is 5.56 Å². The molecule has 0 saturated heterocycles. The third kappa shape index (κ3) is 3.64. The van der Waals surface area contributed by atoms with Crippen molar-refractivity contribution in [1.82, 2.24) is 4.98 Å². The van der Waals surface area contributed by atoms with Gasteiger partial charge in [0.05, 0.1) is 5.56 Å². The van der Waals surface area contributed by atoms with Gasteiger partial charge in [-0.1, -0.05) is 23.7 Å². The molecule has 6 nitrogen and oxygen atoms in total. The van der Waals surface area contributed by atoms with Crippen molar-refractivity contribution >= 4 is 40.3 Å². The van der Waals surface area contributed by atoms with Gasteiger partial charge in [0.15, 0.2) is 18.1 Å². The first-order chi connectivity index (χ1) is 12.0. The second-order valence-electron chi connectivity index (χ2n) is 5.50. The van der Waals surface area contributed by atoms with Crippen LogP contribution in [0.5, 0.6) is 0 Å². The molecule has 0 radical (unpaired) electrons. The Hall–Kier alpha value is -2.86. The van der Waals surface area contributed by atoms with Crippen molar-refractivity contribution in [2.24, 2.45) is 0 Å². The van der Waals surface area contributed by atoms with Crippen molar-refractivity contribution in [3.8, 4) is 0 Å². The van der Waals surface area contributed by atoms with Crippen molar-refractivity contribution in [1.29, 1.82) is 0 Å². The molecule has 3 aromatic rings. The molecule has 0 saturated carbocycles. The Morgan fingerprint density at radius 3 is 2.88 bits per heavy atom. The van der Waals surface area contributed by atoms with Crippen molar-refractivity contribution in [2.45, 2.75) is 20.0 Å². The van der Waals surface area contributed by atoms with Crippen LogP contribution < -0.4 is 5.32 Å². The number of esters is 1. The highest BCUT2D eigenvalue weighted by atomic mass is 35.5. The number of ether oxygens (including phenoxy) is 1. The van der Waals surface area contributed by atoms with Gasteiger partial charge in [-0.05, 0) is 43.7 Å². The van der Waals surface area contributed by atoms with E-state index in [0.717, 1.165) is 5.56 Å². The molecular weight excluding hydrogens is 344 g/mol. The molecule has 0 fully saturated rings. The number of benzene rings is 2. The number of amides is 1. The minimum Gasteiger partial charge on any atom is -0.449 e. The van der Waals surface area contributed by atoms with Crippen LogP contribution in [-0.4, -0.2) is 23.0 Å². The monoisotopic (exact) mass is 358 g/mol. The minimum atomic E-state index is -0.993.